The summed E-state index contributed by atoms with van der Waals surface area (Å²) in [5.74, 6) is 1.02. The minimum absolute atomic E-state index is 0.0281. The minimum atomic E-state index is -0.0281. The van der Waals surface area contributed by atoms with Gasteiger partial charge in [0.1, 0.15) is 0 Å². The number of ketones is 1. The maximum absolute atomic E-state index is 12.7. The van der Waals surface area contributed by atoms with Gasteiger partial charge in [-0.3, -0.25) is 14.2 Å². The van der Waals surface area contributed by atoms with Gasteiger partial charge in [-0.1, -0.05) is 54.6 Å². The van der Waals surface area contributed by atoms with Crippen LogP contribution in [0.3, 0.4) is 0 Å². The standard InChI is InChI=1S/C23H21ClN2O2S/c1-3-20-19(13-29-23-25-12-14(2)22(28)26(20)23)15-4-6-16(7-5-15)21(27)17-8-10-18(24)11-9-17/h4-12,19-20H,3,13H2,1-2H3. The summed E-state index contributed by atoms with van der Waals surface area (Å²) in [6.07, 6.45) is 2.50. The third-order valence-corrected chi connectivity index (χ3v) is 6.78. The molecular weight excluding hydrogens is 404 g/mol. The Kier molecular flexibility index (Phi) is 5.61. The molecule has 0 spiro atoms. The third kappa shape index (κ3) is 3.77. The summed E-state index contributed by atoms with van der Waals surface area (Å²) < 4.78 is 1.85. The van der Waals surface area contributed by atoms with Crippen molar-refractivity contribution in [1.82, 2.24) is 9.55 Å². The Bertz CT molecular complexity index is 1110. The first kappa shape index (κ1) is 19.9. The van der Waals surface area contributed by atoms with Crippen molar-refractivity contribution < 1.29 is 4.79 Å². The first-order chi connectivity index (χ1) is 14.0. The fourth-order valence-electron chi connectivity index (χ4n) is 3.84. The van der Waals surface area contributed by atoms with Crippen LogP contribution in [-0.4, -0.2) is 21.1 Å². The zero-order valence-corrected chi connectivity index (χ0v) is 17.8. The van der Waals surface area contributed by atoms with Crippen LogP contribution in [0.4, 0.5) is 0 Å². The smallest absolute Gasteiger partial charge is 0.257 e. The molecule has 0 amide bonds. The lowest BCUT2D eigenvalue weighted by Gasteiger charge is -2.34. The maximum atomic E-state index is 12.7. The fourth-order valence-corrected chi connectivity index (χ4v) is 5.19. The summed E-state index contributed by atoms with van der Waals surface area (Å²) in [4.78, 5) is 29.9. The summed E-state index contributed by atoms with van der Waals surface area (Å²) in [5.41, 5.74) is 3.09. The van der Waals surface area contributed by atoms with Crippen molar-refractivity contribution in [2.24, 2.45) is 0 Å². The van der Waals surface area contributed by atoms with E-state index in [1.807, 2.05) is 28.8 Å². The molecule has 2 aromatic carbocycles. The number of rotatable bonds is 4. The largest absolute Gasteiger partial charge is 0.289 e. The quantitative estimate of drug-likeness (QED) is 0.422. The molecule has 0 aliphatic carbocycles. The number of hydrogen-bond acceptors (Lipinski definition) is 4. The molecule has 0 saturated heterocycles. The van der Waals surface area contributed by atoms with Gasteiger partial charge < -0.3 is 0 Å². The number of nitrogens with zero attached hydrogens (tertiary/aromatic N) is 2. The van der Waals surface area contributed by atoms with Gasteiger partial charge in [0.2, 0.25) is 0 Å². The Morgan fingerprint density at radius 2 is 1.76 bits per heavy atom. The highest BCUT2D eigenvalue weighted by atomic mass is 35.5. The van der Waals surface area contributed by atoms with E-state index in [-0.39, 0.29) is 23.3 Å². The number of aryl methyl sites for hydroxylation is 1. The first-order valence-corrected chi connectivity index (χ1v) is 11.0. The number of aromatic nitrogens is 2. The molecule has 0 N–H and O–H groups in total. The number of carbonyl (C=O) groups excluding carboxylic acids is 1. The molecule has 0 saturated carbocycles. The Balaban J connectivity index is 1.63. The zero-order valence-electron chi connectivity index (χ0n) is 16.3. The van der Waals surface area contributed by atoms with Crippen LogP contribution in [0.15, 0.2) is 64.7 Å². The lowest BCUT2D eigenvalue weighted by molar-refractivity contribution is 0.103. The number of hydrogen-bond donors (Lipinski definition) is 0. The lowest BCUT2D eigenvalue weighted by Crippen LogP contribution is -2.35. The summed E-state index contributed by atoms with van der Waals surface area (Å²) in [7, 11) is 0. The van der Waals surface area contributed by atoms with Gasteiger partial charge in [0.15, 0.2) is 10.9 Å². The van der Waals surface area contributed by atoms with Crippen LogP contribution in [0, 0.1) is 6.92 Å². The minimum Gasteiger partial charge on any atom is -0.289 e. The van der Waals surface area contributed by atoms with Crippen molar-refractivity contribution in [2.75, 3.05) is 5.75 Å². The topological polar surface area (TPSA) is 52.0 Å². The Morgan fingerprint density at radius 3 is 2.38 bits per heavy atom. The monoisotopic (exact) mass is 424 g/mol. The SMILES string of the molecule is CCC1C(c2ccc(C(=O)c3ccc(Cl)cc3)cc2)CSc2ncc(C)c(=O)n21. The van der Waals surface area contributed by atoms with Gasteiger partial charge in [-0.25, -0.2) is 4.98 Å². The van der Waals surface area contributed by atoms with E-state index in [9.17, 15) is 9.59 Å². The molecule has 1 aromatic heterocycles. The average molecular weight is 425 g/mol. The van der Waals surface area contributed by atoms with E-state index in [0.717, 1.165) is 22.9 Å². The van der Waals surface area contributed by atoms with Crippen LogP contribution in [0.25, 0.3) is 0 Å². The second-order valence-corrected chi connectivity index (χ2v) is 8.67. The van der Waals surface area contributed by atoms with Gasteiger partial charge >= 0.3 is 0 Å². The van der Waals surface area contributed by atoms with Crippen molar-refractivity contribution in [3.8, 4) is 0 Å². The molecule has 2 unspecified atom stereocenters. The summed E-state index contributed by atoms with van der Waals surface area (Å²) in [6.45, 7) is 3.91. The predicted octanol–water partition coefficient (Wildman–Crippen LogP) is 5.28. The second-order valence-electron chi connectivity index (χ2n) is 7.25. The Hall–Kier alpha value is -2.37. The number of thioether (sulfide) groups is 1. The molecule has 2 heterocycles. The number of halogens is 1. The number of carbonyl (C=O) groups is 1. The van der Waals surface area contributed by atoms with Crippen molar-refractivity contribution in [3.63, 3.8) is 0 Å². The van der Waals surface area contributed by atoms with Crippen molar-refractivity contribution in [3.05, 3.63) is 92.4 Å². The highest BCUT2D eigenvalue weighted by Crippen LogP contribution is 2.41. The number of fused-ring (bicyclic) bond motifs is 1. The predicted molar refractivity (Wildman–Crippen MR) is 117 cm³/mol. The van der Waals surface area contributed by atoms with Crippen molar-refractivity contribution in [2.45, 2.75) is 37.4 Å². The van der Waals surface area contributed by atoms with E-state index < -0.39 is 0 Å². The molecule has 148 valence electrons. The first-order valence-electron chi connectivity index (χ1n) is 9.60. The second kappa shape index (κ2) is 8.17. The summed E-state index contributed by atoms with van der Waals surface area (Å²) in [5, 5.41) is 1.40. The van der Waals surface area contributed by atoms with E-state index >= 15 is 0 Å². The molecule has 29 heavy (non-hydrogen) atoms. The van der Waals surface area contributed by atoms with E-state index in [2.05, 4.69) is 11.9 Å². The zero-order chi connectivity index (χ0) is 20.5. The van der Waals surface area contributed by atoms with Crippen LogP contribution in [-0.2, 0) is 0 Å². The van der Waals surface area contributed by atoms with Crippen LogP contribution < -0.4 is 5.56 Å². The van der Waals surface area contributed by atoms with E-state index in [1.54, 1.807) is 49.1 Å². The van der Waals surface area contributed by atoms with Crippen LogP contribution in [0.1, 0.15) is 52.4 Å². The highest BCUT2D eigenvalue weighted by Gasteiger charge is 2.31. The van der Waals surface area contributed by atoms with Gasteiger partial charge in [0, 0.05) is 45.6 Å². The Morgan fingerprint density at radius 1 is 1.14 bits per heavy atom. The maximum Gasteiger partial charge on any atom is 0.257 e. The molecule has 0 fully saturated rings. The third-order valence-electron chi connectivity index (χ3n) is 5.44. The van der Waals surface area contributed by atoms with E-state index in [1.165, 1.54) is 0 Å². The number of benzene rings is 2. The van der Waals surface area contributed by atoms with Gasteiger partial charge in [-0.05, 0) is 43.2 Å². The molecular formula is C23H21ClN2O2S. The normalized spacial score (nSPS) is 18.3. The Labute approximate surface area is 178 Å². The molecule has 0 radical (unpaired) electrons. The molecule has 2 atom stereocenters. The molecule has 6 heteroatoms. The van der Waals surface area contributed by atoms with E-state index in [0.29, 0.717) is 21.7 Å². The molecule has 4 rings (SSSR count). The van der Waals surface area contributed by atoms with Crippen molar-refractivity contribution in [1.29, 1.82) is 0 Å². The summed E-state index contributed by atoms with van der Waals surface area (Å²) in [6, 6.07) is 14.7. The van der Waals surface area contributed by atoms with Crippen LogP contribution >= 0.6 is 23.4 Å². The van der Waals surface area contributed by atoms with Gasteiger partial charge in [-0.15, -0.1) is 0 Å². The van der Waals surface area contributed by atoms with Gasteiger partial charge in [0.05, 0.1) is 0 Å². The fraction of sp³-hybridized carbons (Fsp3) is 0.261. The molecule has 0 bridgehead atoms. The average Bonchev–Trinajstić information content (AvgIpc) is 2.75. The summed E-state index contributed by atoms with van der Waals surface area (Å²) >= 11 is 7.53. The lowest BCUT2D eigenvalue weighted by atomic mass is 9.89. The van der Waals surface area contributed by atoms with Gasteiger partial charge in [-0.2, -0.15) is 0 Å². The molecule has 3 aromatic rings. The molecule has 1 aliphatic heterocycles. The van der Waals surface area contributed by atoms with Crippen LogP contribution in [0.5, 0.6) is 0 Å². The van der Waals surface area contributed by atoms with Gasteiger partial charge in [0.25, 0.3) is 5.56 Å². The van der Waals surface area contributed by atoms with Crippen LogP contribution in [0.2, 0.25) is 5.02 Å². The molecule has 1 aliphatic rings. The molecule has 4 nitrogen and oxygen atoms in total. The van der Waals surface area contributed by atoms with E-state index in [4.69, 9.17) is 11.6 Å². The van der Waals surface area contributed by atoms with Crippen molar-refractivity contribution >= 4 is 29.1 Å². The highest BCUT2D eigenvalue weighted by molar-refractivity contribution is 7.99.